The van der Waals surface area contributed by atoms with Crippen LogP contribution in [0.15, 0.2) is 54.6 Å². The summed E-state index contributed by atoms with van der Waals surface area (Å²) in [5, 5.41) is 6.66. The minimum atomic E-state index is 0.0725. The summed E-state index contributed by atoms with van der Waals surface area (Å²) in [6.07, 6.45) is 3.27. The molecule has 2 N–H and O–H groups in total. The maximum Gasteiger partial charge on any atom is 0.234 e. The highest BCUT2D eigenvalue weighted by Gasteiger charge is 2.22. The maximum atomic E-state index is 12.5. The van der Waals surface area contributed by atoms with Crippen molar-refractivity contribution < 1.29 is 4.79 Å². The lowest BCUT2D eigenvalue weighted by molar-refractivity contribution is -0.121. The Morgan fingerprint density at radius 2 is 1.80 bits per heavy atom. The van der Waals surface area contributed by atoms with E-state index in [1.165, 1.54) is 16.7 Å². The first-order valence-electron chi connectivity index (χ1n) is 9.30. The third kappa shape index (κ3) is 4.49. The predicted molar refractivity (Wildman–Crippen MR) is 102 cm³/mol. The Hall–Kier alpha value is -2.13. The summed E-state index contributed by atoms with van der Waals surface area (Å²) in [7, 11) is 0. The molecule has 2 aromatic rings. The van der Waals surface area contributed by atoms with Gasteiger partial charge in [0.1, 0.15) is 0 Å². The van der Waals surface area contributed by atoms with Crippen LogP contribution in [0.3, 0.4) is 0 Å². The number of carbonyl (C=O) groups is 1. The number of benzene rings is 2. The van der Waals surface area contributed by atoms with Crippen LogP contribution in [0, 0.1) is 5.92 Å². The van der Waals surface area contributed by atoms with Crippen LogP contribution in [-0.2, 0) is 11.2 Å². The first-order chi connectivity index (χ1) is 12.1. The van der Waals surface area contributed by atoms with Crippen molar-refractivity contribution in [2.24, 2.45) is 5.92 Å². The molecule has 0 spiro atoms. The molecule has 3 heteroatoms. The fourth-order valence-corrected chi connectivity index (χ4v) is 3.75. The summed E-state index contributed by atoms with van der Waals surface area (Å²) in [6, 6.07) is 19.2. The van der Waals surface area contributed by atoms with Crippen molar-refractivity contribution in [2.75, 3.05) is 6.54 Å². The normalized spacial score (nSPS) is 17.8. The number of hydrogen-bond donors (Lipinski definition) is 2. The summed E-state index contributed by atoms with van der Waals surface area (Å²) in [5.74, 6) is 0.494. The molecule has 1 amide bonds. The molecule has 1 aliphatic rings. The lowest BCUT2D eigenvalue weighted by Crippen LogP contribution is -2.39. The van der Waals surface area contributed by atoms with E-state index in [0.29, 0.717) is 12.5 Å². The molecule has 0 unspecified atom stereocenters. The fraction of sp³-hybridized carbons (Fsp3) is 0.409. The number of hydrogen-bond acceptors (Lipinski definition) is 2. The van der Waals surface area contributed by atoms with Crippen molar-refractivity contribution in [2.45, 2.75) is 45.2 Å². The van der Waals surface area contributed by atoms with E-state index in [1.807, 2.05) is 18.2 Å². The van der Waals surface area contributed by atoms with E-state index in [1.54, 1.807) is 0 Å². The molecule has 0 aromatic heterocycles. The highest BCUT2D eigenvalue weighted by molar-refractivity contribution is 5.78. The summed E-state index contributed by atoms with van der Waals surface area (Å²) in [5.41, 5.74) is 3.88. The van der Waals surface area contributed by atoms with E-state index in [0.717, 1.165) is 19.3 Å². The van der Waals surface area contributed by atoms with Crippen LogP contribution in [0.5, 0.6) is 0 Å². The minimum Gasteiger partial charge on any atom is -0.348 e. The van der Waals surface area contributed by atoms with Gasteiger partial charge in [-0.3, -0.25) is 4.79 Å². The average Bonchev–Trinajstić information content (AvgIpc) is 2.63. The second kappa shape index (κ2) is 8.30. The van der Waals surface area contributed by atoms with Crippen LogP contribution in [0.25, 0.3) is 0 Å². The molecule has 1 aliphatic carbocycles. The molecule has 0 fully saturated rings. The Morgan fingerprint density at radius 3 is 2.56 bits per heavy atom. The first-order valence-corrected chi connectivity index (χ1v) is 9.30. The number of carbonyl (C=O) groups excluding carboxylic acids is 1. The third-order valence-electron chi connectivity index (χ3n) is 5.01. The number of amides is 1. The zero-order valence-corrected chi connectivity index (χ0v) is 15.2. The molecule has 0 saturated carbocycles. The van der Waals surface area contributed by atoms with Gasteiger partial charge in [0.15, 0.2) is 0 Å². The zero-order valence-electron chi connectivity index (χ0n) is 15.2. The molecule has 3 rings (SSSR count). The van der Waals surface area contributed by atoms with E-state index in [2.05, 4.69) is 60.9 Å². The molecule has 2 atom stereocenters. The number of rotatable bonds is 6. The van der Waals surface area contributed by atoms with Crippen LogP contribution in [-0.4, -0.2) is 12.5 Å². The van der Waals surface area contributed by atoms with Crippen LogP contribution >= 0.6 is 0 Å². The van der Waals surface area contributed by atoms with Gasteiger partial charge < -0.3 is 10.6 Å². The van der Waals surface area contributed by atoms with Gasteiger partial charge in [-0.05, 0) is 41.9 Å². The number of fused-ring (bicyclic) bond motifs is 1. The summed E-state index contributed by atoms with van der Waals surface area (Å²) >= 11 is 0. The average molecular weight is 336 g/mol. The molecular formula is C22H28N2O. The van der Waals surface area contributed by atoms with Crippen LogP contribution in [0.2, 0.25) is 0 Å². The molecule has 2 aromatic carbocycles. The predicted octanol–water partition coefficient (Wildman–Crippen LogP) is 4.17. The second-order valence-corrected chi connectivity index (χ2v) is 7.22. The SMILES string of the molecule is CC(C)[C@H](NCC(=O)N[C@H]1CCCc2ccccc21)c1ccccc1. The summed E-state index contributed by atoms with van der Waals surface area (Å²) in [4.78, 5) is 12.5. The van der Waals surface area contributed by atoms with Crippen LogP contribution < -0.4 is 10.6 Å². The number of nitrogens with one attached hydrogen (secondary N) is 2. The third-order valence-corrected chi connectivity index (χ3v) is 5.01. The highest BCUT2D eigenvalue weighted by atomic mass is 16.2. The molecular weight excluding hydrogens is 308 g/mol. The van der Waals surface area contributed by atoms with E-state index in [-0.39, 0.29) is 18.0 Å². The van der Waals surface area contributed by atoms with Gasteiger partial charge in [0.05, 0.1) is 12.6 Å². The van der Waals surface area contributed by atoms with E-state index < -0.39 is 0 Å². The van der Waals surface area contributed by atoms with Crippen molar-refractivity contribution in [1.29, 1.82) is 0 Å². The van der Waals surface area contributed by atoms with Crippen molar-refractivity contribution in [3.8, 4) is 0 Å². The van der Waals surface area contributed by atoms with Crippen molar-refractivity contribution >= 4 is 5.91 Å². The molecule has 25 heavy (non-hydrogen) atoms. The minimum absolute atomic E-state index is 0.0725. The topological polar surface area (TPSA) is 41.1 Å². The van der Waals surface area contributed by atoms with Gasteiger partial charge in [0.2, 0.25) is 5.91 Å². The van der Waals surface area contributed by atoms with Gasteiger partial charge in [-0.15, -0.1) is 0 Å². The Labute approximate surface area is 150 Å². The monoisotopic (exact) mass is 336 g/mol. The van der Waals surface area contributed by atoms with E-state index >= 15 is 0 Å². The quantitative estimate of drug-likeness (QED) is 0.831. The van der Waals surface area contributed by atoms with E-state index in [4.69, 9.17) is 0 Å². The molecule has 3 nitrogen and oxygen atoms in total. The van der Waals surface area contributed by atoms with Crippen molar-refractivity contribution in [3.05, 3.63) is 71.3 Å². The van der Waals surface area contributed by atoms with Gasteiger partial charge in [0.25, 0.3) is 0 Å². The second-order valence-electron chi connectivity index (χ2n) is 7.22. The van der Waals surface area contributed by atoms with Gasteiger partial charge in [0, 0.05) is 6.04 Å². The van der Waals surface area contributed by atoms with Crippen LogP contribution in [0.1, 0.15) is 55.5 Å². The van der Waals surface area contributed by atoms with Gasteiger partial charge >= 0.3 is 0 Å². The fourth-order valence-electron chi connectivity index (χ4n) is 3.75. The Morgan fingerprint density at radius 1 is 1.08 bits per heavy atom. The first kappa shape index (κ1) is 17.7. The Kier molecular flexibility index (Phi) is 5.87. The van der Waals surface area contributed by atoms with Crippen LogP contribution in [0.4, 0.5) is 0 Å². The number of aryl methyl sites for hydroxylation is 1. The standard InChI is InChI=1S/C22H28N2O/c1-16(2)22(18-10-4-3-5-11-18)23-15-21(25)24-20-14-8-12-17-9-6-7-13-19(17)20/h3-7,9-11,13,16,20,22-23H,8,12,14-15H2,1-2H3,(H,24,25)/t20-,22-/m0/s1. The molecule has 0 aliphatic heterocycles. The smallest absolute Gasteiger partial charge is 0.234 e. The van der Waals surface area contributed by atoms with Crippen molar-refractivity contribution in [3.63, 3.8) is 0 Å². The lowest BCUT2D eigenvalue weighted by Gasteiger charge is -2.27. The Bertz CT molecular complexity index is 696. The Balaban J connectivity index is 1.60. The van der Waals surface area contributed by atoms with E-state index in [9.17, 15) is 4.79 Å². The van der Waals surface area contributed by atoms with Crippen molar-refractivity contribution in [1.82, 2.24) is 10.6 Å². The van der Waals surface area contributed by atoms with Gasteiger partial charge in [-0.1, -0.05) is 68.4 Å². The molecule has 0 saturated heterocycles. The molecule has 0 bridgehead atoms. The lowest BCUT2D eigenvalue weighted by atomic mass is 9.88. The summed E-state index contributed by atoms with van der Waals surface area (Å²) in [6.45, 7) is 4.70. The molecule has 0 heterocycles. The summed E-state index contributed by atoms with van der Waals surface area (Å²) < 4.78 is 0. The largest absolute Gasteiger partial charge is 0.348 e. The zero-order chi connectivity index (χ0) is 17.6. The van der Waals surface area contributed by atoms with Gasteiger partial charge in [-0.2, -0.15) is 0 Å². The maximum absolute atomic E-state index is 12.5. The molecule has 132 valence electrons. The van der Waals surface area contributed by atoms with Gasteiger partial charge in [-0.25, -0.2) is 0 Å². The molecule has 0 radical (unpaired) electrons. The highest BCUT2D eigenvalue weighted by Crippen LogP contribution is 2.29.